The van der Waals surface area contributed by atoms with Crippen molar-refractivity contribution >= 4 is 36.2 Å². The normalized spacial score (nSPS) is 20.1. The van der Waals surface area contributed by atoms with E-state index in [4.69, 9.17) is 13.8 Å². The zero-order valence-corrected chi connectivity index (χ0v) is 32.2. The second kappa shape index (κ2) is 23.4. The Labute approximate surface area is 317 Å². The number of rotatable bonds is 23. The number of hydrogen-bond acceptors (Lipinski definition) is 8. The number of nitrogens with one attached hydrogen (secondary N) is 2. The molecule has 0 radical (unpaired) electrons. The number of allylic oxidation sites excluding steroid dienone is 10. The predicted molar refractivity (Wildman–Crippen MR) is 206 cm³/mol. The van der Waals surface area contributed by atoms with Crippen molar-refractivity contribution in [3.63, 3.8) is 0 Å². The van der Waals surface area contributed by atoms with Crippen molar-refractivity contribution in [1.29, 1.82) is 0 Å². The van der Waals surface area contributed by atoms with E-state index in [2.05, 4.69) is 77.0 Å². The standard InChI is InChI=1S/C37H48F2IN4O7P/c1-2-3-4-5-6-7-8-9-10-11-12-13-14-15-16-17-21-24-33(45)41-26-27-42-52(48,51-30-22-19-18-20-23-30)49-29-31-34(46)37(38,39)35(50-31)44-28-25-32(40)43-36(44)47/h3-4,6-7,9-10,12-13,15-16,18-20,22-23,25,28,31,34-35,46H,2,5,8,11,14,17,21,24,26-27,29H2,1H3,(H,41,45)(H,42,48)/b4-3-,7-6-,10-9-,13-12-,16-15-/t31-,34-,35-,52?/m1/s1. The maximum Gasteiger partial charge on any atom is 0.458 e. The molecule has 1 aliphatic rings. The number of ether oxygens (including phenoxy) is 1. The molecule has 1 amide bonds. The van der Waals surface area contributed by atoms with Crippen LogP contribution in [0.25, 0.3) is 0 Å². The third kappa shape index (κ3) is 15.4. The molecule has 1 aromatic heterocycles. The second-order valence-corrected chi connectivity index (χ2v) is 14.5. The number of carbonyl (C=O) groups is 1. The summed E-state index contributed by atoms with van der Waals surface area (Å²) in [6, 6.07) is 9.39. The van der Waals surface area contributed by atoms with E-state index in [0.717, 1.165) is 44.7 Å². The number of alkyl halides is 2. The van der Waals surface area contributed by atoms with Gasteiger partial charge in [0.2, 0.25) is 12.1 Å². The number of unbranched alkanes of at least 4 members (excludes halogenated alkanes) is 1. The highest BCUT2D eigenvalue weighted by molar-refractivity contribution is 14.1. The van der Waals surface area contributed by atoms with Crippen molar-refractivity contribution in [3.05, 3.63) is 118 Å². The van der Waals surface area contributed by atoms with Crippen molar-refractivity contribution in [2.75, 3.05) is 19.7 Å². The number of nitrogens with zero attached hydrogens (tertiary/aromatic N) is 2. The molecule has 3 rings (SSSR count). The van der Waals surface area contributed by atoms with Crippen molar-refractivity contribution in [3.8, 4) is 5.75 Å². The van der Waals surface area contributed by atoms with Gasteiger partial charge in [0.15, 0.2) is 6.10 Å². The molecule has 1 aliphatic heterocycles. The Hall–Kier alpha value is -3.27. The molecule has 1 fully saturated rings. The fourth-order valence-electron chi connectivity index (χ4n) is 4.80. The number of aliphatic hydroxyl groups is 1. The molecule has 15 heteroatoms. The molecule has 0 aliphatic carbocycles. The lowest BCUT2D eigenvalue weighted by atomic mass is 10.1. The van der Waals surface area contributed by atoms with Crippen molar-refractivity contribution < 1.29 is 37.0 Å². The summed E-state index contributed by atoms with van der Waals surface area (Å²) >= 11 is 1.76. The van der Waals surface area contributed by atoms with Gasteiger partial charge in [-0.1, -0.05) is 85.9 Å². The molecule has 1 saturated heterocycles. The molecule has 52 heavy (non-hydrogen) atoms. The maximum atomic E-state index is 15.0. The average Bonchev–Trinajstić information content (AvgIpc) is 3.34. The molecule has 11 nitrogen and oxygen atoms in total. The molecule has 3 N–H and O–H groups in total. The van der Waals surface area contributed by atoms with Crippen molar-refractivity contribution in [2.24, 2.45) is 0 Å². The Morgan fingerprint density at radius 1 is 1.00 bits per heavy atom. The van der Waals surface area contributed by atoms with Gasteiger partial charge in [-0.3, -0.25) is 13.9 Å². The summed E-state index contributed by atoms with van der Waals surface area (Å²) < 4.78 is 60.9. The molecule has 1 aromatic carbocycles. The Bertz CT molecular complexity index is 1640. The lowest BCUT2D eigenvalue weighted by Gasteiger charge is -2.22. The highest BCUT2D eigenvalue weighted by atomic mass is 127. The highest BCUT2D eigenvalue weighted by Gasteiger charge is 2.60. The van der Waals surface area contributed by atoms with Crippen LogP contribution >= 0.6 is 30.3 Å². The number of para-hydroxylation sites is 1. The van der Waals surface area contributed by atoms with E-state index in [1.54, 1.807) is 40.8 Å². The summed E-state index contributed by atoms with van der Waals surface area (Å²) in [6.07, 6.45) is 22.6. The first kappa shape index (κ1) is 43.1. The Kier molecular flexibility index (Phi) is 19.4. The summed E-state index contributed by atoms with van der Waals surface area (Å²) in [5, 5.41) is 15.7. The molecule has 2 aromatic rings. The monoisotopic (exact) mass is 856 g/mol. The van der Waals surface area contributed by atoms with Crippen LogP contribution in [0.5, 0.6) is 5.75 Å². The molecule has 4 atom stereocenters. The van der Waals surface area contributed by atoms with Crippen LogP contribution in [0.15, 0.2) is 108 Å². The minimum Gasteiger partial charge on any atom is -0.413 e. The molecular weight excluding hydrogens is 808 g/mol. The van der Waals surface area contributed by atoms with E-state index < -0.39 is 44.4 Å². The van der Waals surface area contributed by atoms with Crippen LogP contribution in [0.2, 0.25) is 0 Å². The largest absolute Gasteiger partial charge is 0.458 e. The van der Waals surface area contributed by atoms with Gasteiger partial charge >= 0.3 is 19.4 Å². The lowest BCUT2D eigenvalue weighted by Crippen LogP contribution is -2.42. The number of hydrogen-bond donors (Lipinski definition) is 3. The summed E-state index contributed by atoms with van der Waals surface area (Å²) in [5.41, 5.74) is -0.985. The number of amides is 1. The van der Waals surface area contributed by atoms with Crippen LogP contribution in [0, 0.1) is 3.70 Å². The van der Waals surface area contributed by atoms with E-state index in [0.29, 0.717) is 21.1 Å². The predicted octanol–water partition coefficient (Wildman–Crippen LogP) is 7.57. The van der Waals surface area contributed by atoms with Gasteiger partial charge in [-0.2, -0.15) is 13.8 Å². The molecule has 0 saturated carbocycles. The first-order valence-electron chi connectivity index (χ1n) is 17.3. The van der Waals surface area contributed by atoms with Crippen LogP contribution in [-0.2, 0) is 18.6 Å². The van der Waals surface area contributed by atoms with E-state index >= 15 is 0 Å². The van der Waals surface area contributed by atoms with Gasteiger partial charge in [0.25, 0.3) is 0 Å². The quantitative estimate of drug-likeness (QED) is 0.0340. The van der Waals surface area contributed by atoms with E-state index in [-0.39, 0.29) is 24.7 Å². The van der Waals surface area contributed by atoms with Crippen LogP contribution in [0.1, 0.15) is 64.5 Å². The third-order valence-corrected chi connectivity index (χ3v) is 9.64. The summed E-state index contributed by atoms with van der Waals surface area (Å²) in [7, 11) is -4.23. The molecule has 2 heterocycles. The van der Waals surface area contributed by atoms with E-state index in [1.165, 1.54) is 18.2 Å². The topological polar surface area (TPSA) is 141 Å². The van der Waals surface area contributed by atoms with Gasteiger partial charge in [0.05, 0.1) is 6.61 Å². The van der Waals surface area contributed by atoms with E-state index in [9.17, 15) is 28.0 Å². The van der Waals surface area contributed by atoms with Crippen molar-refractivity contribution in [1.82, 2.24) is 20.0 Å². The maximum absolute atomic E-state index is 15.0. The number of benzene rings is 1. The first-order valence-corrected chi connectivity index (χ1v) is 19.9. The fourth-order valence-corrected chi connectivity index (χ4v) is 6.51. The highest BCUT2D eigenvalue weighted by Crippen LogP contribution is 2.47. The lowest BCUT2D eigenvalue weighted by molar-refractivity contribution is -0.141. The number of carbonyl (C=O) groups excluding carboxylic acids is 1. The smallest absolute Gasteiger partial charge is 0.413 e. The zero-order valence-electron chi connectivity index (χ0n) is 29.2. The first-order chi connectivity index (χ1) is 25.1. The molecular formula is C37H48F2IN4O7P. The fraction of sp³-hybridized carbons (Fsp3) is 0.432. The number of aromatic nitrogens is 2. The Morgan fingerprint density at radius 2 is 1.62 bits per heavy atom. The van der Waals surface area contributed by atoms with Gasteiger partial charge in [-0.05, 0) is 85.7 Å². The van der Waals surface area contributed by atoms with Crippen LogP contribution in [-0.4, -0.2) is 58.4 Å². The molecule has 0 bridgehead atoms. The zero-order chi connectivity index (χ0) is 37.7. The average molecular weight is 857 g/mol. The summed E-state index contributed by atoms with van der Waals surface area (Å²) in [4.78, 5) is 28.2. The Balaban J connectivity index is 1.38. The van der Waals surface area contributed by atoms with Gasteiger partial charge in [0, 0.05) is 25.7 Å². The van der Waals surface area contributed by atoms with Crippen LogP contribution < -0.4 is 20.6 Å². The van der Waals surface area contributed by atoms with Gasteiger partial charge in [0.1, 0.15) is 15.6 Å². The van der Waals surface area contributed by atoms with Gasteiger partial charge in [-0.25, -0.2) is 14.4 Å². The SMILES string of the molecule is CC/C=C\C/C=C\C/C=C\C/C=C\C/C=C\CCCC(=O)NCCNP(=O)(OC[C@H]1O[C@@H](n2ccc(I)nc2=O)C(F)(F)[C@@H]1O)Oc1ccccc1. The minimum absolute atomic E-state index is 0.0405. The molecule has 284 valence electrons. The van der Waals surface area contributed by atoms with Gasteiger partial charge < -0.3 is 19.7 Å². The van der Waals surface area contributed by atoms with E-state index in [1.807, 2.05) is 6.08 Å². The number of aliphatic hydroxyl groups excluding tert-OH is 1. The van der Waals surface area contributed by atoms with Crippen LogP contribution in [0.4, 0.5) is 8.78 Å². The molecule has 0 spiro atoms. The van der Waals surface area contributed by atoms with Crippen molar-refractivity contribution in [2.45, 2.75) is 82.6 Å². The molecule has 1 unspecified atom stereocenters. The summed E-state index contributed by atoms with van der Waals surface area (Å²) in [5.74, 6) is -3.91. The number of halogens is 3. The summed E-state index contributed by atoms with van der Waals surface area (Å²) in [6.45, 7) is 1.40. The third-order valence-electron chi connectivity index (χ3n) is 7.49. The van der Waals surface area contributed by atoms with Gasteiger partial charge in [-0.15, -0.1) is 0 Å². The Morgan fingerprint density at radius 3 is 2.23 bits per heavy atom. The minimum atomic E-state index is -4.23. The second-order valence-electron chi connectivity index (χ2n) is 11.6. The van der Waals surface area contributed by atoms with Crippen LogP contribution in [0.3, 0.4) is 0 Å².